The molecule has 0 bridgehead atoms. The normalized spacial score (nSPS) is 36.8. The van der Waals surface area contributed by atoms with Crippen LogP contribution in [0.15, 0.2) is 0 Å². The summed E-state index contributed by atoms with van der Waals surface area (Å²) < 4.78 is -0.617. The van der Waals surface area contributed by atoms with Crippen molar-refractivity contribution in [2.24, 2.45) is 5.92 Å². The summed E-state index contributed by atoms with van der Waals surface area (Å²) in [6.45, 7) is 1.71. The Hall–Kier alpha value is 0.540. The molecule has 2 atom stereocenters. The maximum Gasteiger partial charge on any atom is 0.124 e. The lowest BCUT2D eigenvalue weighted by Crippen LogP contribution is -2.07. The molecule has 1 rings (SSSR count). The van der Waals surface area contributed by atoms with Crippen LogP contribution in [0.5, 0.6) is 0 Å². The van der Waals surface area contributed by atoms with Crippen LogP contribution in [0.25, 0.3) is 0 Å². The zero-order valence-corrected chi connectivity index (χ0v) is 6.08. The Labute approximate surface area is 58.6 Å². The molecule has 1 fully saturated rings. The SMILES string of the molecule is C[C@@H](O)[C@@H]1CC1(Cl)Cl. The highest BCUT2D eigenvalue weighted by atomic mass is 35.5. The van der Waals surface area contributed by atoms with Crippen molar-refractivity contribution in [2.75, 3.05) is 0 Å². The first-order chi connectivity index (χ1) is 3.54. The molecule has 0 aromatic heterocycles. The van der Waals surface area contributed by atoms with Crippen molar-refractivity contribution < 1.29 is 5.11 Å². The Kier molecular flexibility index (Phi) is 1.46. The quantitative estimate of drug-likeness (QED) is 0.569. The maximum absolute atomic E-state index is 8.86. The minimum atomic E-state index is -0.617. The molecule has 0 heterocycles. The van der Waals surface area contributed by atoms with E-state index in [-0.39, 0.29) is 12.0 Å². The second kappa shape index (κ2) is 1.76. The fourth-order valence-electron chi connectivity index (χ4n) is 0.758. The van der Waals surface area contributed by atoms with E-state index in [0.717, 1.165) is 6.42 Å². The van der Waals surface area contributed by atoms with Crippen molar-refractivity contribution in [3.05, 3.63) is 0 Å². The third kappa shape index (κ3) is 1.09. The molecule has 1 N–H and O–H groups in total. The summed E-state index contributed by atoms with van der Waals surface area (Å²) in [5, 5.41) is 8.86. The van der Waals surface area contributed by atoms with Crippen molar-refractivity contribution in [3.8, 4) is 0 Å². The van der Waals surface area contributed by atoms with Gasteiger partial charge in [-0.3, -0.25) is 0 Å². The highest BCUT2D eigenvalue weighted by molar-refractivity contribution is 6.50. The number of halogens is 2. The summed E-state index contributed by atoms with van der Waals surface area (Å²) in [5.74, 6) is 0.103. The predicted octanol–water partition coefficient (Wildman–Crippen LogP) is 1.56. The molecule has 0 aromatic rings. The first-order valence-electron chi connectivity index (χ1n) is 2.60. The summed E-state index contributed by atoms with van der Waals surface area (Å²) in [4.78, 5) is 0. The lowest BCUT2D eigenvalue weighted by molar-refractivity contribution is 0.170. The van der Waals surface area contributed by atoms with Gasteiger partial charge in [0.15, 0.2) is 0 Å². The van der Waals surface area contributed by atoms with Crippen molar-refractivity contribution in [1.29, 1.82) is 0 Å². The highest BCUT2D eigenvalue weighted by Gasteiger charge is 2.53. The van der Waals surface area contributed by atoms with Crippen molar-refractivity contribution in [3.63, 3.8) is 0 Å². The van der Waals surface area contributed by atoms with E-state index in [0.29, 0.717) is 0 Å². The van der Waals surface area contributed by atoms with E-state index in [4.69, 9.17) is 28.3 Å². The predicted molar refractivity (Wildman–Crippen MR) is 34.2 cm³/mol. The monoisotopic (exact) mass is 154 g/mol. The molecule has 1 aliphatic rings. The smallest absolute Gasteiger partial charge is 0.124 e. The van der Waals surface area contributed by atoms with Crippen LogP contribution in [-0.2, 0) is 0 Å². The molecule has 8 heavy (non-hydrogen) atoms. The van der Waals surface area contributed by atoms with Crippen LogP contribution in [-0.4, -0.2) is 15.5 Å². The molecule has 0 spiro atoms. The minimum absolute atomic E-state index is 0.103. The molecule has 1 aliphatic carbocycles. The van der Waals surface area contributed by atoms with Crippen LogP contribution in [0.4, 0.5) is 0 Å². The van der Waals surface area contributed by atoms with Gasteiger partial charge >= 0.3 is 0 Å². The highest BCUT2D eigenvalue weighted by Crippen LogP contribution is 2.54. The Morgan fingerprint density at radius 3 is 2.12 bits per heavy atom. The summed E-state index contributed by atoms with van der Waals surface area (Å²) in [5.41, 5.74) is 0. The Balaban J connectivity index is 2.37. The van der Waals surface area contributed by atoms with Gasteiger partial charge in [-0.1, -0.05) is 0 Å². The van der Waals surface area contributed by atoms with Crippen LogP contribution >= 0.6 is 23.2 Å². The van der Waals surface area contributed by atoms with Gasteiger partial charge in [-0.25, -0.2) is 0 Å². The number of hydrogen-bond donors (Lipinski definition) is 1. The van der Waals surface area contributed by atoms with E-state index in [1.807, 2.05) is 0 Å². The van der Waals surface area contributed by atoms with Crippen molar-refractivity contribution in [1.82, 2.24) is 0 Å². The number of alkyl halides is 2. The average molecular weight is 155 g/mol. The minimum Gasteiger partial charge on any atom is -0.393 e. The molecule has 0 unspecified atom stereocenters. The van der Waals surface area contributed by atoms with Crippen LogP contribution in [0.3, 0.4) is 0 Å². The molecule has 0 radical (unpaired) electrons. The van der Waals surface area contributed by atoms with E-state index in [9.17, 15) is 0 Å². The lowest BCUT2D eigenvalue weighted by atomic mass is 10.3. The zero-order chi connectivity index (χ0) is 6.36. The molecule has 0 aliphatic heterocycles. The third-order valence-corrected chi connectivity index (χ3v) is 2.33. The van der Waals surface area contributed by atoms with Crippen LogP contribution in [0, 0.1) is 5.92 Å². The van der Waals surface area contributed by atoms with Crippen molar-refractivity contribution in [2.45, 2.75) is 23.8 Å². The molecule has 1 saturated carbocycles. The first kappa shape index (κ1) is 6.66. The van der Waals surface area contributed by atoms with Gasteiger partial charge in [-0.05, 0) is 13.3 Å². The van der Waals surface area contributed by atoms with Crippen LogP contribution < -0.4 is 0 Å². The van der Waals surface area contributed by atoms with Gasteiger partial charge < -0.3 is 5.11 Å². The molecule has 0 amide bonds. The van der Waals surface area contributed by atoms with E-state index in [2.05, 4.69) is 0 Å². The standard InChI is InChI=1S/C5H8Cl2O/c1-3(8)4-2-5(4,6)7/h3-4,8H,2H2,1H3/t3-,4+/m1/s1. The Morgan fingerprint density at radius 2 is 2.12 bits per heavy atom. The summed E-state index contributed by atoms with van der Waals surface area (Å²) in [7, 11) is 0. The molecule has 3 heteroatoms. The second-order valence-corrected chi connectivity index (χ2v) is 3.85. The number of aliphatic hydroxyl groups excluding tert-OH is 1. The Morgan fingerprint density at radius 1 is 1.75 bits per heavy atom. The van der Waals surface area contributed by atoms with Gasteiger partial charge in [0.25, 0.3) is 0 Å². The average Bonchev–Trinajstić information content (AvgIpc) is 2.13. The summed E-state index contributed by atoms with van der Waals surface area (Å²) in [6.07, 6.45) is 0.373. The molecular formula is C5H8Cl2O. The van der Waals surface area contributed by atoms with Gasteiger partial charge in [0, 0.05) is 5.92 Å². The first-order valence-corrected chi connectivity index (χ1v) is 3.35. The van der Waals surface area contributed by atoms with E-state index in [1.54, 1.807) is 6.92 Å². The topological polar surface area (TPSA) is 20.2 Å². The van der Waals surface area contributed by atoms with E-state index < -0.39 is 4.33 Å². The number of hydrogen-bond acceptors (Lipinski definition) is 1. The number of aliphatic hydroxyl groups is 1. The maximum atomic E-state index is 8.86. The largest absolute Gasteiger partial charge is 0.393 e. The van der Waals surface area contributed by atoms with Gasteiger partial charge in [0.1, 0.15) is 4.33 Å². The van der Waals surface area contributed by atoms with Gasteiger partial charge in [0.2, 0.25) is 0 Å². The van der Waals surface area contributed by atoms with Gasteiger partial charge in [-0.2, -0.15) is 0 Å². The lowest BCUT2D eigenvalue weighted by Gasteiger charge is -2.00. The molecular weight excluding hydrogens is 147 g/mol. The third-order valence-electron chi connectivity index (χ3n) is 1.46. The fraction of sp³-hybridized carbons (Fsp3) is 1.00. The van der Waals surface area contributed by atoms with Crippen molar-refractivity contribution >= 4 is 23.2 Å². The molecule has 0 saturated heterocycles. The fourth-order valence-corrected chi connectivity index (χ4v) is 1.45. The molecule has 48 valence electrons. The van der Waals surface area contributed by atoms with Crippen LogP contribution in [0.2, 0.25) is 0 Å². The zero-order valence-electron chi connectivity index (χ0n) is 4.56. The summed E-state index contributed by atoms with van der Waals surface area (Å²) >= 11 is 11.2. The molecule has 0 aromatic carbocycles. The van der Waals surface area contributed by atoms with Crippen LogP contribution in [0.1, 0.15) is 13.3 Å². The summed E-state index contributed by atoms with van der Waals surface area (Å²) in [6, 6.07) is 0. The van der Waals surface area contributed by atoms with E-state index in [1.165, 1.54) is 0 Å². The van der Waals surface area contributed by atoms with E-state index >= 15 is 0 Å². The van der Waals surface area contributed by atoms with Gasteiger partial charge in [0.05, 0.1) is 6.10 Å². The van der Waals surface area contributed by atoms with Gasteiger partial charge in [-0.15, -0.1) is 23.2 Å². The number of rotatable bonds is 1. The molecule has 1 nitrogen and oxygen atoms in total. The second-order valence-electron chi connectivity index (χ2n) is 2.31. The Bertz CT molecular complexity index is 101.